The summed E-state index contributed by atoms with van der Waals surface area (Å²) in [6, 6.07) is 4.62. The maximum Gasteiger partial charge on any atom is 0.419 e. The van der Waals surface area contributed by atoms with Crippen LogP contribution in [0.3, 0.4) is 0 Å². The van der Waals surface area contributed by atoms with E-state index in [2.05, 4.69) is 20.3 Å². The third kappa shape index (κ3) is 6.45. The fraction of sp³-hybridized carbons (Fsp3) is 0.517. The van der Waals surface area contributed by atoms with E-state index >= 15 is 0 Å². The Morgan fingerprint density at radius 1 is 1.10 bits per heavy atom. The molecule has 4 heterocycles. The van der Waals surface area contributed by atoms with E-state index in [4.69, 9.17) is 9.47 Å². The van der Waals surface area contributed by atoms with Crippen LogP contribution in [0.5, 0.6) is 0 Å². The number of nitrogens with zero attached hydrogens (tertiary/aromatic N) is 4. The summed E-state index contributed by atoms with van der Waals surface area (Å²) in [5.41, 5.74) is -0.720. The number of nitrogens with one attached hydrogen (secondary N) is 2. The van der Waals surface area contributed by atoms with Gasteiger partial charge in [-0.05, 0) is 52.2 Å². The smallest absolute Gasteiger partial charge is 0.419 e. The number of fused-ring (bicyclic) bond motifs is 1. The minimum absolute atomic E-state index is 0.00914. The third-order valence-corrected chi connectivity index (χ3v) is 7.45. The number of amides is 2. The number of rotatable bonds is 5. The summed E-state index contributed by atoms with van der Waals surface area (Å²) in [5.74, 6) is -0.137. The van der Waals surface area contributed by atoms with Gasteiger partial charge in [0, 0.05) is 73.8 Å². The van der Waals surface area contributed by atoms with Crippen LogP contribution in [0, 0.1) is 0 Å². The first kappa shape index (κ1) is 29.6. The first-order valence-corrected chi connectivity index (χ1v) is 13.9. The molecular weight excluding hydrogens is 553 g/mol. The number of aromatic nitrogens is 3. The maximum atomic E-state index is 14.1. The Kier molecular flexibility index (Phi) is 8.06. The second kappa shape index (κ2) is 11.4. The summed E-state index contributed by atoms with van der Waals surface area (Å²) in [6.45, 7) is 7.26. The van der Waals surface area contributed by atoms with Gasteiger partial charge in [-0.15, -0.1) is 0 Å². The predicted octanol–water partition coefficient (Wildman–Crippen LogP) is 5.32. The van der Waals surface area contributed by atoms with Crippen molar-refractivity contribution in [2.45, 2.75) is 64.0 Å². The lowest BCUT2D eigenvalue weighted by Gasteiger charge is -2.34. The number of halogens is 3. The molecule has 0 bridgehead atoms. The van der Waals surface area contributed by atoms with Crippen molar-refractivity contribution in [1.29, 1.82) is 0 Å². The summed E-state index contributed by atoms with van der Waals surface area (Å²) < 4.78 is 53.1. The molecule has 0 aliphatic carbocycles. The zero-order chi connectivity index (χ0) is 30.2. The summed E-state index contributed by atoms with van der Waals surface area (Å²) in [6.07, 6.45) is -0.784. The monoisotopic (exact) mass is 588 g/mol. The van der Waals surface area contributed by atoms with Crippen LogP contribution in [0.1, 0.15) is 56.0 Å². The highest BCUT2D eigenvalue weighted by atomic mass is 19.4. The summed E-state index contributed by atoms with van der Waals surface area (Å²) in [5, 5.41) is 3.60. The quantitative estimate of drug-likeness (QED) is 0.415. The van der Waals surface area contributed by atoms with Crippen molar-refractivity contribution in [1.82, 2.24) is 24.8 Å². The molecule has 0 radical (unpaired) electrons. The zero-order valence-corrected chi connectivity index (χ0v) is 24.0. The molecule has 0 spiro atoms. The maximum absolute atomic E-state index is 14.1. The fourth-order valence-corrected chi connectivity index (χ4v) is 5.38. The number of aromatic amines is 1. The van der Waals surface area contributed by atoms with E-state index in [1.54, 1.807) is 55.9 Å². The van der Waals surface area contributed by atoms with Crippen LogP contribution in [0.2, 0.25) is 0 Å². The van der Waals surface area contributed by atoms with E-state index in [1.165, 1.54) is 6.20 Å². The number of hydrogen-bond acceptors (Lipinski definition) is 7. The Balaban J connectivity index is 1.40. The number of benzene rings is 1. The van der Waals surface area contributed by atoms with Crippen molar-refractivity contribution in [3.63, 3.8) is 0 Å². The van der Waals surface area contributed by atoms with Crippen LogP contribution in [-0.2, 0) is 15.7 Å². The molecule has 13 heteroatoms. The number of ether oxygens (including phenoxy) is 2. The van der Waals surface area contributed by atoms with Crippen molar-refractivity contribution in [2.75, 3.05) is 38.6 Å². The van der Waals surface area contributed by atoms with E-state index in [0.717, 1.165) is 12.6 Å². The van der Waals surface area contributed by atoms with Gasteiger partial charge in [-0.3, -0.25) is 4.79 Å². The Morgan fingerprint density at radius 2 is 1.88 bits per heavy atom. The van der Waals surface area contributed by atoms with Crippen LogP contribution in [-0.4, -0.2) is 87.8 Å². The van der Waals surface area contributed by atoms with E-state index < -0.39 is 23.4 Å². The minimum Gasteiger partial charge on any atom is -0.444 e. The molecular formula is C29H35F3N6O4. The van der Waals surface area contributed by atoms with E-state index in [9.17, 15) is 22.8 Å². The number of anilines is 1. The average Bonchev–Trinajstić information content (AvgIpc) is 3.58. The van der Waals surface area contributed by atoms with E-state index in [-0.39, 0.29) is 35.3 Å². The number of piperidine rings is 1. The van der Waals surface area contributed by atoms with Crippen LogP contribution in [0.15, 0.2) is 30.6 Å². The summed E-state index contributed by atoms with van der Waals surface area (Å²) >= 11 is 0. The lowest BCUT2D eigenvalue weighted by atomic mass is 10.0. The van der Waals surface area contributed by atoms with Crippen LogP contribution < -0.4 is 5.32 Å². The fourth-order valence-electron chi connectivity index (χ4n) is 5.38. The van der Waals surface area contributed by atoms with Gasteiger partial charge in [0.25, 0.3) is 5.91 Å². The Hall–Kier alpha value is -3.87. The van der Waals surface area contributed by atoms with Crippen LogP contribution in [0.25, 0.3) is 22.2 Å². The molecule has 2 N–H and O–H groups in total. The van der Waals surface area contributed by atoms with Gasteiger partial charge in [-0.1, -0.05) is 6.07 Å². The molecule has 2 saturated heterocycles. The van der Waals surface area contributed by atoms with Crippen LogP contribution in [0.4, 0.5) is 23.9 Å². The van der Waals surface area contributed by atoms with E-state index in [1.807, 2.05) is 0 Å². The second-order valence-corrected chi connectivity index (χ2v) is 11.7. The van der Waals surface area contributed by atoms with Crippen LogP contribution >= 0.6 is 0 Å². The van der Waals surface area contributed by atoms with Crippen molar-refractivity contribution in [2.24, 2.45) is 0 Å². The molecule has 2 aliphatic rings. The highest BCUT2D eigenvalue weighted by molar-refractivity contribution is 6.02. The number of carbonyl (C=O) groups excluding carboxylic acids is 2. The Labute approximate surface area is 241 Å². The molecule has 10 nitrogen and oxygen atoms in total. The van der Waals surface area contributed by atoms with Gasteiger partial charge in [0.05, 0.1) is 11.8 Å². The largest absolute Gasteiger partial charge is 0.444 e. The number of methoxy groups -OCH3 is 1. The lowest BCUT2D eigenvalue weighted by Crippen LogP contribution is -2.47. The van der Waals surface area contributed by atoms with Gasteiger partial charge in [0.1, 0.15) is 11.2 Å². The normalized spacial score (nSPS) is 19.8. The molecule has 2 aliphatic heterocycles. The van der Waals surface area contributed by atoms with E-state index in [0.29, 0.717) is 55.5 Å². The van der Waals surface area contributed by atoms with Gasteiger partial charge in [-0.2, -0.15) is 13.2 Å². The minimum atomic E-state index is -4.70. The number of H-pyrrole nitrogens is 1. The SMILES string of the molecule is COC1CCN(C(=O)c2ccc3c(-c4nc(N[C@H]5CCCN(C(=O)OC(C)(C)C)C5)ncc4C(F)(F)F)c[nH]c3c2)C1. The summed E-state index contributed by atoms with van der Waals surface area (Å²) in [4.78, 5) is 40.1. The molecule has 1 aromatic carbocycles. The predicted molar refractivity (Wildman–Crippen MR) is 150 cm³/mol. The summed E-state index contributed by atoms with van der Waals surface area (Å²) in [7, 11) is 1.61. The molecule has 2 atom stereocenters. The number of likely N-dealkylation sites (tertiary alicyclic amines) is 2. The number of hydrogen-bond donors (Lipinski definition) is 2. The molecule has 0 saturated carbocycles. The van der Waals surface area contributed by atoms with Gasteiger partial charge in [0.2, 0.25) is 5.95 Å². The molecule has 3 aromatic rings. The number of alkyl halides is 3. The lowest BCUT2D eigenvalue weighted by molar-refractivity contribution is -0.137. The van der Waals surface area contributed by atoms with Crippen molar-refractivity contribution >= 4 is 28.9 Å². The van der Waals surface area contributed by atoms with Gasteiger partial charge < -0.3 is 29.6 Å². The second-order valence-electron chi connectivity index (χ2n) is 11.7. The zero-order valence-electron chi connectivity index (χ0n) is 24.0. The van der Waals surface area contributed by atoms with Gasteiger partial charge in [-0.25, -0.2) is 14.8 Å². The van der Waals surface area contributed by atoms with Gasteiger partial charge >= 0.3 is 12.3 Å². The van der Waals surface area contributed by atoms with Gasteiger partial charge in [0.15, 0.2) is 0 Å². The average molecular weight is 589 g/mol. The molecule has 2 amide bonds. The van der Waals surface area contributed by atoms with Crippen molar-refractivity contribution in [3.05, 3.63) is 41.7 Å². The highest BCUT2D eigenvalue weighted by Gasteiger charge is 2.37. The molecule has 2 fully saturated rings. The topological polar surface area (TPSA) is 113 Å². The molecule has 1 unspecified atom stereocenters. The highest BCUT2D eigenvalue weighted by Crippen LogP contribution is 2.39. The molecule has 226 valence electrons. The molecule has 2 aromatic heterocycles. The van der Waals surface area contributed by atoms with Crippen molar-refractivity contribution in [3.8, 4) is 11.3 Å². The Bertz CT molecular complexity index is 1470. The third-order valence-electron chi connectivity index (χ3n) is 7.45. The standard InChI is InChI=1S/C29H35F3N6O4/c1-28(2,3)42-27(40)38-10-5-6-18(15-38)35-26-34-14-22(29(30,31)32)24(36-26)21-13-33-23-12-17(7-8-20(21)23)25(39)37-11-9-19(16-37)41-4/h7-8,12-14,18-19,33H,5-6,9-11,15-16H2,1-4H3,(H,34,35,36)/t18-,19?/m0/s1. The first-order chi connectivity index (χ1) is 19.8. The Morgan fingerprint density at radius 3 is 2.57 bits per heavy atom. The molecule has 5 rings (SSSR count). The first-order valence-electron chi connectivity index (χ1n) is 13.9. The number of carbonyl (C=O) groups is 2. The van der Waals surface area contributed by atoms with Crippen molar-refractivity contribution < 1.29 is 32.2 Å². The molecule has 42 heavy (non-hydrogen) atoms.